The van der Waals surface area contributed by atoms with Gasteiger partial charge in [0.05, 0.1) is 31.7 Å². The molecular weight excluding hydrogens is 543 g/mol. The second kappa shape index (κ2) is 17.1. The van der Waals surface area contributed by atoms with Crippen molar-refractivity contribution in [3.05, 3.63) is 12.7 Å². The number of fused-ring (bicyclic) bond motifs is 1. The van der Waals surface area contributed by atoms with Crippen molar-refractivity contribution in [2.24, 2.45) is 0 Å². The molecule has 0 saturated carbocycles. The zero-order chi connectivity index (χ0) is 29.5. The first kappa shape index (κ1) is 33.4. The highest BCUT2D eigenvalue weighted by Gasteiger charge is 2.31. The predicted molar refractivity (Wildman–Crippen MR) is 148 cm³/mol. The average Bonchev–Trinajstić information content (AvgIpc) is 3.30. The van der Waals surface area contributed by atoms with Gasteiger partial charge in [0.2, 0.25) is 6.79 Å². The minimum atomic E-state index is -3.85. The molecule has 0 spiro atoms. The van der Waals surface area contributed by atoms with Crippen LogP contribution in [0.25, 0.3) is 11.2 Å². The second-order valence-corrected chi connectivity index (χ2v) is 11.8. The molecule has 0 bridgehead atoms. The SMILES string of the molecule is CCCCCCCCOC(=O)[C@H](C)NP(=O)(CO[C@H](C)Cn1cnc2c(N)ncnc21)OCOC(=O)OC(C)C. The fourth-order valence-corrected chi connectivity index (χ4v) is 5.21. The van der Waals surface area contributed by atoms with Crippen LogP contribution in [0.15, 0.2) is 12.7 Å². The fraction of sp³-hybridized carbons (Fsp3) is 0.720. The highest BCUT2D eigenvalue weighted by molar-refractivity contribution is 7.56. The molecule has 0 saturated heterocycles. The van der Waals surface area contributed by atoms with Crippen LogP contribution in [0, 0.1) is 0 Å². The number of unbranched alkanes of at least 4 members (excludes halogenated alkanes) is 5. The smallest absolute Gasteiger partial charge is 0.465 e. The van der Waals surface area contributed by atoms with Crippen LogP contribution in [0.1, 0.15) is 73.1 Å². The van der Waals surface area contributed by atoms with Gasteiger partial charge in [0.1, 0.15) is 24.2 Å². The molecule has 0 aliphatic carbocycles. The first-order valence-corrected chi connectivity index (χ1v) is 15.4. The first-order valence-electron chi connectivity index (χ1n) is 13.6. The van der Waals surface area contributed by atoms with Crippen molar-refractivity contribution in [2.75, 3.05) is 25.5 Å². The van der Waals surface area contributed by atoms with Crippen LogP contribution in [-0.4, -0.2) is 69.6 Å². The molecule has 2 rings (SSSR count). The van der Waals surface area contributed by atoms with E-state index in [1.165, 1.54) is 19.7 Å². The third-order valence-electron chi connectivity index (χ3n) is 5.67. The van der Waals surface area contributed by atoms with E-state index >= 15 is 0 Å². The number of esters is 1. The molecule has 15 heteroatoms. The summed E-state index contributed by atoms with van der Waals surface area (Å²) in [6.07, 6.45) is 6.94. The van der Waals surface area contributed by atoms with E-state index in [9.17, 15) is 14.2 Å². The van der Waals surface area contributed by atoms with Crippen molar-refractivity contribution in [2.45, 2.75) is 97.9 Å². The molecular formula is C25H43N6O8P. The maximum absolute atomic E-state index is 13.6. The molecule has 0 aliphatic rings. The number of imidazole rings is 1. The summed E-state index contributed by atoms with van der Waals surface area (Å²) >= 11 is 0. The summed E-state index contributed by atoms with van der Waals surface area (Å²) in [5.74, 6) is -0.319. The highest BCUT2D eigenvalue weighted by atomic mass is 31.2. The molecule has 0 radical (unpaired) electrons. The van der Waals surface area contributed by atoms with Crippen LogP contribution < -0.4 is 10.8 Å². The first-order chi connectivity index (χ1) is 19.0. The number of carbonyl (C=O) groups is 2. The second-order valence-electron chi connectivity index (χ2n) is 9.70. The standard InChI is InChI=1S/C25H43N6O8P/c1-6-7-8-9-10-11-12-35-24(32)20(5)30-40(34,38-16-36-25(33)39-18(2)3)17-37-19(4)13-31-15-29-21-22(26)27-14-28-23(21)31/h14-15,18-20H,6-13,16-17H2,1-5H3,(H,30,34)(H2,26,27,28)/t19-,20+,40?/m1/s1. The van der Waals surface area contributed by atoms with Gasteiger partial charge in [-0.3, -0.25) is 13.9 Å². The summed E-state index contributed by atoms with van der Waals surface area (Å²) in [7, 11) is -3.85. The number of carbonyl (C=O) groups excluding carboxylic acids is 2. The summed E-state index contributed by atoms with van der Waals surface area (Å²) in [4.78, 5) is 36.6. The van der Waals surface area contributed by atoms with Crippen molar-refractivity contribution in [1.82, 2.24) is 24.6 Å². The number of ether oxygens (including phenoxy) is 4. The number of nitrogens with one attached hydrogen (secondary N) is 1. The monoisotopic (exact) mass is 586 g/mol. The summed E-state index contributed by atoms with van der Waals surface area (Å²) in [6, 6.07) is -0.968. The van der Waals surface area contributed by atoms with E-state index in [1.807, 2.05) is 0 Å². The topological polar surface area (TPSA) is 179 Å². The number of nitrogens with zero attached hydrogens (tertiary/aromatic N) is 4. The van der Waals surface area contributed by atoms with Gasteiger partial charge < -0.3 is 29.2 Å². The quantitative estimate of drug-likeness (QED) is 0.103. The summed E-state index contributed by atoms with van der Waals surface area (Å²) in [6.45, 7) is 8.65. The molecule has 226 valence electrons. The maximum atomic E-state index is 13.6. The van der Waals surface area contributed by atoms with E-state index in [0.29, 0.717) is 17.7 Å². The van der Waals surface area contributed by atoms with Crippen LogP contribution in [0.4, 0.5) is 10.6 Å². The molecule has 2 aromatic heterocycles. The van der Waals surface area contributed by atoms with Crippen LogP contribution in [0.2, 0.25) is 0 Å². The number of anilines is 1. The van der Waals surface area contributed by atoms with Gasteiger partial charge in [0, 0.05) is 0 Å². The van der Waals surface area contributed by atoms with Gasteiger partial charge in [-0.1, -0.05) is 39.0 Å². The Balaban J connectivity index is 1.94. The molecule has 0 fully saturated rings. The van der Waals surface area contributed by atoms with Gasteiger partial charge in [0.15, 0.2) is 11.5 Å². The Labute approximate surface area is 235 Å². The van der Waals surface area contributed by atoms with E-state index in [-0.39, 0.29) is 12.4 Å². The number of hydrogen-bond donors (Lipinski definition) is 2. The Morgan fingerprint density at radius 3 is 2.50 bits per heavy atom. The number of nitrogens with two attached hydrogens (primary N) is 1. The molecule has 0 aromatic carbocycles. The highest BCUT2D eigenvalue weighted by Crippen LogP contribution is 2.43. The van der Waals surface area contributed by atoms with Gasteiger partial charge in [0.25, 0.3) is 7.52 Å². The third kappa shape index (κ3) is 11.7. The molecule has 14 nitrogen and oxygen atoms in total. The van der Waals surface area contributed by atoms with Crippen LogP contribution in [0.3, 0.4) is 0 Å². The fourth-order valence-electron chi connectivity index (χ4n) is 3.61. The van der Waals surface area contributed by atoms with E-state index in [0.717, 1.165) is 32.1 Å². The summed E-state index contributed by atoms with van der Waals surface area (Å²) in [5.41, 5.74) is 6.83. The van der Waals surface area contributed by atoms with E-state index in [4.69, 9.17) is 29.2 Å². The molecule has 1 unspecified atom stereocenters. The Bertz CT molecular complexity index is 1110. The predicted octanol–water partition coefficient (Wildman–Crippen LogP) is 4.38. The molecule has 0 aliphatic heterocycles. The molecule has 0 amide bonds. The van der Waals surface area contributed by atoms with Crippen molar-refractivity contribution < 1.29 is 37.6 Å². The number of aromatic nitrogens is 4. The van der Waals surface area contributed by atoms with Crippen LogP contribution >= 0.6 is 7.52 Å². The van der Waals surface area contributed by atoms with Gasteiger partial charge in [-0.25, -0.2) is 24.8 Å². The van der Waals surface area contributed by atoms with E-state index in [2.05, 4.69) is 27.0 Å². The van der Waals surface area contributed by atoms with E-state index < -0.39 is 51.0 Å². The maximum Gasteiger partial charge on any atom is 0.510 e. The zero-order valence-corrected chi connectivity index (χ0v) is 24.9. The number of hydrogen-bond acceptors (Lipinski definition) is 12. The Morgan fingerprint density at radius 1 is 1.05 bits per heavy atom. The Kier molecular flexibility index (Phi) is 14.3. The van der Waals surface area contributed by atoms with Crippen LogP contribution in [-0.2, 0) is 39.4 Å². The van der Waals surface area contributed by atoms with Gasteiger partial charge in [-0.15, -0.1) is 0 Å². The van der Waals surface area contributed by atoms with Gasteiger partial charge in [-0.05, 0) is 34.1 Å². The minimum Gasteiger partial charge on any atom is -0.465 e. The average molecular weight is 587 g/mol. The minimum absolute atomic E-state index is 0.257. The molecule has 3 N–H and O–H groups in total. The number of rotatable bonds is 19. The Hall–Kier alpha value is -2.80. The lowest BCUT2D eigenvalue weighted by atomic mass is 10.1. The lowest BCUT2D eigenvalue weighted by molar-refractivity contribution is -0.145. The van der Waals surface area contributed by atoms with Gasteiger partial charge >= 0.3 is 12.1 Å². The van der Waals surface area contributed by atoms with Crippen molar-refractivity contribution >= 4 is 36.6 Å². The molecule has 2 aromatic rings. The van der Waals surface area contributed by atoms with Crippen molar-refractivity contribution in [1.29, 1.82) is 0 Å². The number of nitrogen functional groups attached to an aromatic ring is 1. The third-order valence-corrected chi connectivity index (χ3v) is 7.46. The lowest BCUT2D eigenvalue weighted by Gasteiger charge is -2.24. The normalized spacial score (nSPS) is 14.6. The Morgan fingerprint density at radius 2 is 1.77 bits per heavy atom. The van der Waals surface area contributed by atoms with E-state index in [1.54, 1.807) is 31.7 Å². The van der Waals surface area contributed by atoms with Crippen LogP contribution in [0.5, 0.6) is 0 Å². The summed E-state index contributed by atoms with van der Waals surface area (Å²) in [5, 5.41) is 2.67. The lowest BCUT2D eigenvalue weighted by Crippen LogP contribution is -2.35. The summed E-state index contributed by atoms with van der Waals surface area (Å²) < 4.78 is 41.6. The molecule has 2 heterocycles. The molecule has 3 atom stereocenters. The van der Waals surface area contributed by atoms with Crippen molar-refractivity contribution in [3.63, 3.8) is 0 Å². The zero-order valence-electron chi connectivity index (χ0n) is 24.0. The van der Waals surface area contributed by atoms with Crippen molar-refractivity contribution in [3.8, 4) is 0 Å². The largest absolute Gasteiger partial charge is 0.510 e. The molecule has 40 heavy (non-hydrogen) atoms. The van der Waals surface area contributed by atoms with Gasteiger partial charge in [-0.2, -0.15) is 0 Å².